The Balaban J connectivity index is 2.18. The van der Waals surface area contributed by atoms with Gasteiger partial charge in [-0.1, -0.05) is 6.92 Å². The smallest absolute Gasteiger partial charge is 0.334 e. The summed E-state index contributed by atoms with van der Waals surface area (Å²) in [6.07, 6.45) is -0.190. The number of rotatable bonds is 4. The third kappa shape index (κ3) is 2.82. The lowest BCUT2D eigenvalue weighted by Gasteiger charge is -2.30. The summed E-state index contributed by atoms with van der Waals surface area (Å²) < 4.78 is 6.78. The first-order chi connectivity index (χ1) is 9.56. The molecule has 2 rings (SSSR count). The molecule has 1 aromatic rings. The molecular formula is C13H19N3O4. The van der Waals surface area contributed by atoms with Crippen molar-refractivity contribution in [2.45, 2.75) is 32.9 Å². The van der Waals surface area contributed by atoms with Crippen LogP contribution >= 0.6 is 0 Å². The number of ether oxygens (including phenoxy) is 1. The van der Waals surface area contributed by atoms with Crippen LogP contribution in [0.1, 0.15) is 30.0 Å². The van der Waals surface area contributed by atoms with E-state index in [-0.39, 0.29) is 19.1 Å². The Morgan fingerprint density at radius 2 is 2.25 bits per heavy atom. The number of carboxylic acid groups (broad SMARTS) is 1. The lowest BCUT2D eigenvalue weighted by molar-refractivity contribution is -0.154. The SMILES string of the molecule is CCc1cc(C(=O)N2CCOC(C(=O)O)C2)n(CC)n1. The molecule has 1 aliphatic rings. The maximum Gasteiger partial charge on any atom is 0.334 e. The average Bonchev–Trinajstić information content (AvgIpc) is 2.90. The fraction of sp³-hybridized carbons (Fsp3) is 0.615. The van der Waals surface area contributed by atoms with Gasteiger partial charge in [0, 0.05) is 13.1 Å². The van der Waals surface area contributed by atoms with Crippen molar-refractivity contribution in [1.29, 1.82) is 0 Å². The molecule has 0 radical (unpaired) electrons. The highest BCUT2D eigenvalue weighted by atomic mass is 16.5. The molecule has 7 nitrogen and oxygen atoms in total. The summed E-state index contributed by atoms with van der Waals surface area (Å²) in [5.74, 6) is -1.23. The summed E-state index contributed by atoms with van der Waals surface area (Å²) in [6.45, 7) is 5.22. The largest absolute Gasteiger partial charge is 0.479 e. The Morgan fingerprint density at radius 1 is 1.50 bits per heavy atom. The standard InChI is InChI=1S/C13H19N3O4/c1-3-9-7-10(16(4-2)14-9)12(17)15-5-6-20-11(8-15)13(18)19/h7,11H,3-6,8H2,1-2H3,(H,18,19). The normalized spacial score (nSPS) is 19.1. The number of hydrogen-bond donors (Lipinski definition) is 1. The molecule has 1 aliphatic heterocycles. The van der Waals surface area contributed by atoms with Crippen LogP contribution in [0.15, 0.2) is 6.07 Å². The Labute approximate surface area is 117 Å². The van der Waals surface area contributed by atoms with Crippen LogP contribution in [0.5, 0.6) is 0 Å². The van der Waals surface area contributed by atoms with Crippen molar-refractivity contribution in [3.8, 4) is 0 Å². The maximum atomic E-state index is 12.5. The van der Waals surface area contributed by atoms with Gasteiger partial charge in [0.1, 0.15) is 5.69 Å². The number of carboxylic acids is 1. The van der Waals surface area contributed by atoms with Crippen molar-refractivity contribution in [2.75, 3.05) is 19.7 Å². The summed E-state index contributed by atoms with van der Waals surface area (Å²) >= 11 is 0. The van der Waals surface area contributed by atoms with E-state index in [0.717, 1.165) is 12.1 Å². The van der Waals surface area contributed by atoms with Crippen LogP contribution in [0, 0.1) is 0 Å². The zero-order valence-corrected chi connectivity index (χ0v) is 11.7. The van der Waals surface area contributed by atoms with E-state index in [1.165, 1.54) is 4.90 Å². The lowest BCUT2D eigenvalue weighted by atomic mass is 10.2. The number of morpholine rings is 1. The van der Waals surface area contributed by atoms with E-state index in [9.17, 15) is 9.59 Å². The Hall–Kier alpha value is -1.89. The number of nitrogens with zero attached hydrogens (tertiary/aromatic N) is 3. The number of amides is 1. The number of aliphatic carboxylic acids is 1. The molecule has 0 aromatic carbocycles. The number of hydrogen-bond acceptors (Lipinski definition) is 4. The quantitative estimate of drug-likeness (QED) is 0.863. The Bertz CT molecular complexity index is 512. The first-order valence-electron chi connectivity index (χ1n) is 6.77. The molecule has 20 heavy (non-hydrogen) atoms. The molecule has 7 heteroatoms. The van der Waals surface area contributed by atoms with Crippen LogP contribution in [0.3, 0.4) is 0 Å². The molecule has 1 amide bonds. The van der Waals surface area contributed by atoms with E-state index >= 15 is 0 Å². The fourth-order valence-corrected chi connectivity index (χ4v) is 2.20. The van der Waals surface area contributed by atoms with E-state index < -0.39 is 12.1 Å². The molecule has 0 aliphatic carbocycles. The third-order valence-corrected chi connectivity index (χ3v) is 3.34. The third-order valence-electron chi connectivity index (χ3n) is 3.34. The number of aryl methyl sites for hydroxylation is 2. The van der Waals surface area contributed by atoms with Crippen molar-refractivity contribution >= 4 is 11.9 Å². The van der Waals surface area contributed by atoms with Gasteiger partial charge in [0.25, 0.3) is 5.91 Å². The van der Waals surface area contributed by atoms with Gasteiger partial charge in [-0.15, -0.1) is 0 Å². The summed E-state index contributed by atoms with van der Waals surface area (Å²) in [5, 5.41) is 13.3. The van der Waals surface area contributed by atoms with Crippen LogP contribution in [0.25, 0.3) is 0 Å². The maximum absolute atomic E-state index is 12.5. The van der Waals surface area contributed by atoms with Gasteiger partial charge in [0.2, 0.25) is 0 Å². The van der Waals surface area contributed by atoms with Gasteiger partial charge in [-0.05, 0) is 19.4 Å². The van der Waals surface area contributed by atoms with Crippen molar-refractivity contribution in [3.05, 3.63) is 17.5 Å². The van der Waals surface area contributed by atoms with E-state index in [4.69, 9.17) is 9.84 Å². The van der Waals surface area contributed by atoms with E-state index in [1.54, 1.807) is 10.7 Å². The number of carbonyl (C=O) groups is 2. The van der Waals surface area contributed by atoms with Gasteiger partial charge in [-0.2, -0.15) is 5.10 Å². The van der Waals surface area contributed by atoms with Crippen molar-refractivity contribution in [3.63, 3.8) is 0 Å². The predicted octanol–water partition coefficient (Wildman–Crippen LogP) is 0.391. The summed E-state index contributed by atoms with van der Waals surface area (Å²) in [5.41, 5.74) is 1.37. The number of carbonyl (C=O) groups excluding carboxylic acids is 1. The minimum Gasteiger partial charge on any atom is -0.479 e. The van der Waals surface area contributed by atoms with Crippen molar-refractivity contribution in [2.24, 2.45) is 0 Å². The lowest BCUT2D eigenvalue weighted by Crippen LogP contribution is -2.48. The zero-order chi connectivity index (χ0) is 14.7. The zero-order valence-electron chi connectivity index (χ0n) is 11.7. The van der Waals surface area contributed by atoms with Gasteiger partial charge in [-0.25, -0.2) is 4.79 Å². The highest BCUT2D eigenvalue weighted by Crippen LogP contribution is 2.13. The van der Waals surface area contributed by atoms with E-state index in [1.807, 2.05) is 13.8 Å². The Kier molecular flexibility index (Phi) is 4.39. The second-order valence-electron chi connectivity index (χ2n) is 4.64. The topological polar surface area (TPSA) is 84.7 Å². The van der Waals surface area contributed by atoms with Gasteiger partial charge in [0.15, 0.2) is 6.10 Å². The van der Waals surface area contributed by atoms with Gasteiger partial charge >= 0.3 is 5.97 Å². The fourth-order valence-electron chi connectivity index (χ4n) is 2.20. The molecule has 1 aromatic heterocycles. The van der Waals surface area contributed by atoms with Crippen LogP contribution in [-0.4, -0.2) is 57.5 Å². The molecular weight excluding hydrogens is 262 g/mol. The Morgan fingerprint density at radius 3 is 2.85 bits per heavy atom. The average molecular weight is 281 g/mol. The minimum absolute atomic E-state index is 0.0739. The second kappa shape index (κ2) is 6.04. The molecule has 1 saturated heterocycles. The molecule has 110 valence electrons. The van der Waals surface area contributed by atoms with Crippen molar-refractivity contribution < 1.29 is 19.4 Å². The molecule has 1 unspecified atom stereocenters. The highest BCUT2D eigenvalue weighted by molar-refractivity contribution is 5.93. The minimum atomic E-state index is -1.04. The van der Waals surface area contributed by atoms with Crippen LogP contribution in [-0.2, 0) is 22.5 Å². The van der Waals surface area contributed by atoms with Gasteiger partial charge in [0.05, 0.1) is 18.8 Å². The first kappa shape index (κ1) is 14.5. The predicted molar refractivity (Wildman–Crippen MR) is 70.6 cm³/mol. The van der Waals surface area contributed by atoms with E-state index in [2.05, 4.69) is 5.10 Å². The van der Waals surface area contributed by atoms with Crippen LogP contribution in [0.2, 0.25) is 0 Å². The summed E-state index contributed by atoms with van der Waals surface area (Å²) in [7, 11) is 0. The highest BCUT2D eigenvalue weighted by Gasteiger charge is 2.30. The molecule has 1 fully saturated rings. The number of aromatic nitrogens is 2. The van der Waals surface area contributed by atoms with Crippen LogP contribution in [0.4, 0.5) is 0 Å². The van der Waals surface area contributed by atoms with Crippen molar-refractivity contribution in [1.82, 2.24) is 14.7 Å². The summed E-state index contributed by atoms with van der Waals surface area (Å²) in [4.78, 5) is 25.0. The monoisotopic (exact) mass is 281 g/mol. The molecule has 2 heterocycles. The summed E-state index contributed by atoms with van der Waals surface area (Å²) in [6, 6.07) is 1.77. The van der Waals surface area contributed by atoms with E-state index in [0.29, 0.717) is 18.8 Å². The molecule has 1 atom stereocenters. The molecule has 0 spiro atoms. The molecule has 0 saturated carbocycles. The van der Waals surface area contributed by atoms with Gasteiger partial charge in [-0.3, -0.25) is 9.48 Å². The second-order valence-corrected chi connectivity index (χ2v) is 4.64. The first-order valence-corrected chi connectivity index (χ1v) is 6.77. The molecule has 0 bridgehead atoms. The molecule has 1 N–H and O–H groups in total. The van der Waals surface area contributed by atoms with Crippen LogP contribution < -0.4 is 0 Å². The van der Waals surface area contributed by atoms with Gasteiger partial charge < -0.3 is 14.7 Å².